The van der Waals surface area contributed by atoms with Gasteiger partial charge in [-0.1, -0.05) is 32.3 Å². The van der Waals surface area contributed by atoms with Crippen molar-refractivity contribution >= 4 is 0 Å². The van der Waals surface area contributed by atoms with Gasteiger partial charge < -0.3 is 5.32 Å². The normalized spacial score (nSPS) is 10.7. The number of hydrogen-bond acceptors (Lipinski definition) is 1. The highest BCUT2D eigenvalue weighted by atomic mass is 19.1. The van der Waals surface area contributed by atoms with Crippen molar-refractivity contribution in [3.8, 4) is 0 Å². The fourth-order valence-electron chi connectivity index (χ4n) is 1.59. The van der Waals surface area contributed by atoms with E-state index in [1.54, 1.807) is 0 Å². The highest BCUT2D eigenvalue weighted by Crippen LogP contribution is 2.11. The Morgan fingerprint density at radius 2 is 1.75 bits per heavy atom. The Kier molecular flexibility index (Phi) is 6.01. The summed E-state index contributed by atoms with van der Waals surface area (Å²) in [5, 5.41) is 3.06. The zero-order valence-corrected chi connectivity index (χ0v) is 9.73. The van der Waals surface area contributed by atoms with Gasteiger partial charge in [0.05, 0.1) is 0 Å². The summed E-state index contributed by atoms with van der Waals surface area (Å²) in [7, 11) is 0. The van der Waals surface area contributed by atoms with E-state index in [1.165, 1.54) is 37.5 Å². The first-order valence-corrected chi connectivity index (χ1v) is 5.89. The van der Waals surface area contributed by atoms with Crippen molar-refractivity contribution in [2.24, 2.45) is 0 Å². The molecule has 0 saturated carbocycles. The lowest BCUT2D eigenvalue weighted by Crippen LogP contribution is -2.16. The summed E-state index contributed by atoms with van der Waals surface area (Å²) in [6, 6.07) is 3.96. The molecule has 1 N–H and O–H groups in total. The highest BCUT2D eigenvalue weighted by molar-refractivity contribution is 5.19. The lowest BCUT2D eigenvalue weighted by molar-refractivity contribution is 0.527. The SMILES string of the molecule is CCCCCCNCc1c(F)cccc1F. The smallest absolute Gasteiger partial charge is 0.130 e. The molecule has 1 nitrogen and oxygen atoms in total. The van der Waals surface area contributed by atoms with Gasteiger partial charge in [-0.25, -0.2) is 8.78 Å². The van der Waals surface area contributed by atoms with E-state index in [1.807, 2.05) is 0 Å². The molecule has 1 aromatic carbocycles. The minimum absolute atomic E-state index is 0.137. The molecule has 90 valence electrons. The largest absolute Gasteiger partial charge is 0.312 e. The molecule has 0 bridgehead atoms. The lowest BCUT2D eigenvalue weighted by atomic mass is 10.2. The minimum atomic E-state index is -0.471. The molecule has 0 saturated heterocycles. The zero-order valence-electron chi connectivity index (χ0n) is 9.73. The van der Waals surface area contributed by atoms with Crippen LogP contribution in [-0.2, 0) is 6.54 Å². The van der Waals surface area contributed by atoms with Crippen molar-refractivity contribution in [3.05, 3.63) is 35.4 Å². The van der Waals surface area contributed by atoms with Crippen LogP contribution in [0.4, 0.5) is 8.78 Å². The van der Waals surface area contributed by atoms with Crippen molar-refractivity contribution in [1.29, 1.82) is 0 Å². The number of hydrogen-bond donors (Lipinski definition) is 1. The molecule has 1 aromatic rings. The van der Waals surface area contributed by atoms with E-state index in [0.717, 1.165) is 13.0 Å². The number of unbranched alkanes of at least 4 members (excludes halogenated alkanes) is 3. The van der Waals surface area contributed by atoms with Gasteiger partial charge in [-0.05, 0) is 25.1 Å². The van der Waals surface area contributed by atoms with Crippen molar-refractivity contribution < 1.29 is 8.78 Å². The maximum Gasteiger partial charge on any atom is 0.130 e. The predicted octanol–water partition coefficient (Wildman–Crippen LogP) is 3.63. The van der Waals surface area contributed by atoms with Crippen LogP contribution in [0.15, 0.2) is 18.2 Å². The third-order valence-electron chi connectivity index (χ3n) is 2.57. The number of halogens is 2. The number of benzene rings is 1. The summed E-state index contributed by atoms with van der Waals surface area (Å²) in [5.41, 5.74) is 0.137. The van der Waals surface area contributed by atoms with Gasteiger partial charge in [0.1, 0.15) is 11.6 Å². The summed E-state index contributed by atoms with van der Waals surface area (Å²) in [4.78, 5) is 0. The lowest BCUT2D eigenvalue weighted by Gasteiger charge is -2.06. The molecule has 0 atom stereocenters. The van der Waals surface area contributed by atoms with Crippen LogP contribution in [0.25, 0.3) is 0 Å². The molecule has 1 rings (SSSR count). The molecule has 0 aliphatic rings. The van der Waals surface area contributed by atoms with Gasteiger partial charge in [-0.2, -0.15) is 0 Å². The molecular weight excluding hydrogens is 208 g/mol. The first-order valence-electron chi connectivity index (χ1n) is 5.89. The molecule has 16 heavy (non-hydrogen) atoms. The summed E-state index contributed by atoms with van der Waals surface area (Å²) in [6.45, 7) is 3.24. The van der Waals surface area contributed by atoms with Crippen molar-refractivity contribution in [2.75, 3.05) is 6.54 Å². The summed E-state index contributed by atoms with van der Waals surface area (Å²) in [6.07, 6.45) is 4.64. The molecule has 0 heterocycles. The fourth-order valence-corrected chi connectivity index (χ4v) is 1.59. The second-order valence-corrected chi connectivity index (χ2v) is 3.94. The summed E-state index contributed by atoms with van der Waals surface area (Å²) in [5.74, 6) is -0.942. The van der Waals surface area contributed by atoms with Gasteiger partial charge in [0.2, 0.25) is 0 Å². The maximum absolute atomic E-state index is 13.2. The highest BCUT2D eigenvalue weighted by Gasteiger charge is 2.06. The Labute approximate surface area is 95.9 Å². The monoisotopic (exact) mass is 227 g/mol. The zero-order chi connectivity index (χ0) is 11.8. The summed E-state index contributed by atoms with van der Waals surface area (Å²) >= 11 is 0. The minimum Gasteiger partial charge on any atom is -0.312 e. The van der Waals surface area contributed by atoms with Crippen molar-refractivity contribution in [1.82, 2.24) is 5.32 Å². The topological polar surface area (TPSA) is 12.0 Å². The molecule has 0 aliphatic heterocycles. The number of nitrogens with one attached hydrogen (secondary N) is 1. The standard InChI is InChI=1S/C13H19F2N/c1-2-3-4-5-9-16-10-11-12(14)7-6-8-13(11)15/h6-8,16H,2-5,9-10H2,1H3. The van der Waals surface area contributed by atoms with Gasteiger partial charge in [0, 0.05) is 12.1 Å². The van der Waals surface area contributed by atoms with Gasteiger partial charge in [-0.3, -0.25) is 0 Å². The molecule has 3 heteroatoms. The van der Waals surface area contributed by atoms with Gasteiger partial charge >= 0.3 is 0 Å². The van der Waals surface area contributed by atoms with Gasteiger partial charge in [-0.15, -0.1) is 0 Å². The van der Waals surface area contributed by atoms with Crippen LogP contribution in [-0.4, -0.2) is 6.54 Å². The van der Waals surface area contributed by atoms with Crippen LogP contribution < -0.4 is 5.32 Å². The number of rotatable bonds is 7. The van der Waals surface area contributed by atoms with Crippen molar-refractivity contribution in [2.45, 2.75) is 39.2 Å². The average Bonchev–Trinajstić information content (AvgIpc) is 2.26. The molecule has 0 fully saturated rings. The van der Waals surface area contributed by atoms with Crippen LogP contribution >= 0.6 is 0 Å². The molecule has 0 aromatic heterocycles. The van der Waals surface area contributed by atoms with E-state index in [4.69, 9.17) is 0 Å². The Morgan fingerprint density at radius 3 is 2.38 bits per heavy atom. The Bertz CT molecular complexity index is 293. The van der Waals surface area contributed by atoms with Crippen LogP contribution in [0, 0.1) is 11.6 Å². The second kappa shape index (κ2) is 7.34. The Morgan fingerprint density at radius 1 is 1.06 bits per heavy atom. The van der Waals surface area contributed by atoms with E-state index < -0.39 is 11.6 Å². The molecule has 0 unspecified atom stereocenters. The molecule has 0 radical (unpaired) electrons. The fraction of sp³-hybridized carbons (Fsp3) is 0.538. The van der Waals surface area contributed by atoms with E-state index in [0.29, 0.717) is 0 Å². The molecule has 0 aliphatic carbocycles. The second-order valence-electron chi connectivity index (χ2n) is 3.94. The molecule has 0 spiro atoms. The van der Waals surface area contributed by atoms with Crippen LogP contribution in [0.3, 0.4) is 0 Å². The quantitative estimate of drug-likeness (QED) is 0.701. The molecular formula is C13H19F2N. The predicted molar refractivity (Wildman–Crippen MR) is 62.2 cm³/mol. The van der Waals surface area contributed by atoms with Gasteiger partial charge in [0.15, 0.2) is 0 Å². The Hall–Kier alpha value is -0.960. The third-order valence-corrected chi connectivity index (χ3v) is 2.57. The average molecular weight is 227 g/mol. The van der Waals surface area contributed by atoms with E-state index >= 15 is 0 Å². The van der Waals surface area contributed by atoms with Gasteiger partial charge in [0.25, 0.3) is 0 Å². The van der Waals surface area contributed by atoms with Crippen molar-refractivity contribution in [3.63, 3.8) is 0 Å². The maximum atomic E-state index is 13.2. The third kappa shape index (κ3) is 4.27. The molecule has 0 amide bonds. The Balaban J connectivity index is 2.26. The van der Waals surface area contributed by atoms with Crippen LogP contribution in [0.5, 0.6) is 0 Å². The van der Waals surface area contributed by atoms with E-state index in [2.05, 4.69) is 12.2 Å². The summed E-state index contributed by atoms with van der Waals surface area (Å²) < 4.78 is 26.4. The van der Waals surface area contributed by atoms with E-state index in [-0.39, 0.29) is 12.1 Å². The first kappa shape index (κ1) is 13.1. The van der Waals surface area contributed by atoms with E-state index in [9.17, 15) is 8.78 Å². The first-order chi connectivity index (χ1) is 7.75. The van der Waals surface area contributed by atoms with Crippen LogP contribution in [0.2, 0.25) is 0 Å². The van der Waals surface area contributed by atoms with Crippen LogP contribution in [0.1, 0.15) is 38.2 Å².